The van der Waals surface area contributed by atoms with Gasteiger partial charge in [0.2, 0.25) is 0 Å². The van der Waals surface area contributed by atoms with Crippen molar-refractivity contribution in [3.8, 4) is 0 Å². The van der Waals surface area contributed by atoms with Gasteiger partial charge in [0.15, 0.2) is 5.41 Å². The van der Waals surface area contributed by atoms with Crippen LogP contribution in [0.4, 0.5) is 0 Å². The zero-order chi connectivity index (χ0) is 13.1. The number of hydrogen-bond donors (Lipinski definition) is 0. The van der Waals surface area contributed by atoms with Gasteiger partial charge < -0.3 is 9.47 Å². The molecule has 92 valence electrons. The molecule has 17 heavy (non-hydrogen) atoms. The van der Waals surface area contributed by atoms with E-state index in [1.165, 1.54) is 27.2 Å². The van der Waals surface area contributed by atoms with Crippen LogP contribution in [0.3, 0.4) is 0 Å². The molecule has 0 saturated carbocycles. The molecule has 0 saturated heterocycles. The summed E-state index contributed by atoms with van der Waals surface area (Å²) in [5.74, 6) is -1.38. The Morgan fingerprint density at radius 3 is 2.12 bits per heavy atom. The molecule has 0 aliphatic carbocycles. The van der Waals surface area contributed by atoms with E-state index in [2.05, 4.69) is 9.47 Å². The number of ether oxygens (including phenoxy) is 2. The summed E-state index contributed by atoms with van der Waals surface area (Å²) in [4.78, 5) is 23.6. The Bertz CT molecular complexity index is 426. The monoisotopic (exact) mass is 256 g/mol. The van der Waals surface area contributed by atoms with Gasteiger partial charge in [-0.15, -0.1) is 0 Å². The van der Waals surface area contributed by atoms with E-state index in [4.69, 9.17) is 11.6 Å². The molecule has 0 aromatic heterocycles. The summed E-state index contributed by atoms with van der Waals surface area (Å²) in [7, 11) is 2.43. The minimum Gasteiger partial charge on any atom is -0.468 e. The van der Waals surface area contributed by atoms with Gasteiger partial charge in [0.1, 0.15) is 0 Å². The van der Waals surface area contributed by atoms with Crippen molar-refractivity contribution in [2.45, 2.75) is 12.3 Å². The summed E-state index contributed by atoms with van der Waals surface area (Å²) in [5, 5.41) is 0.432. The van der Waals surface area contributed by atoms with Crippen molar-refractivity contribution >= 4 is 23.5 Å². The van der Waals surface area contributed by atoms with Crippen LogP contribution in [0.25, 0.3) is 0 Å². The Kier molecular flexibility index (Phi) is 4.12. The number of carbonyl (C=O) groups is 2. The fraction of sp³-hybridized carbons (Fsp3) is 0.333. The molecule has 0 heterocycles. The van der Waals surface area contributed by atoms with E-state index in [0.717, 1.165) is 0 Å². The van der Waals surface area contributed by atoms with Gasteiger partial charge in [-0.1, -0.05) is 23.7 Å². The number of rotatable bonds is 3. The lowest BCUT2D eigenvalue weighted by Crippen LogP contribution is -2.42. The minimum atomic E-state index is -1.51. The quantitative estimate of drug-likeness (QED) is 0.613. The molecular weight excluding hydrogens is 244 g/mol. The topological polar surface area (TPSA) is 52.6 Å². The maximum atomic E-state index is 11.8. The van der Waals surface area contributed by atoms with Crippen LogP contribution in [0.15, 0.2) is 24.3 Å². The lowest BCUT2D eigenvalue weighted by atomic mass is 9.82. The van der Waals surface area contributed by atoms with Crippen LogP contribution in [0, 0.1) is 0 Å². The Morgan fingerprint density at radius 1 is 1.18 bits per heavy atom. The van der Waals surface area contributed by atoms with E-state index in [1.54, 1.807) is 18.2 Å². The molecule has 0 unspecified atom stereocenters. The number of carbonyl (C=O) groups excluding carboxylic acids is 2. The van der Waals surface area contributed by atoms with Gasteiger partial charge in [-0.3, -0.25) is 9.59 Å². The SMILES string of the molecule is COC(=O)C(C)(C(=O)OC)c1cccc(Cl)c1. The van der Waals surface area contributed by atoms with Gasteiger partial charge in [0, 0.05) is 5.02 Å². The predicted molar refractivity (Wildman–Crippen MR) is 62.8 cm³/mol. The van der Waals surface area contributed by atoms with Crippen molar-refractivity contribution in [3.63, 3.8) is 0 Å². The molecule has 0 aliphatic rings. The van der Waals surface area contributed by atoms with Gasteiger partial charge in [-0.2, -0.15) is 0 Å². The van der Waals surface area contributed by atoms with Crippen molar-refractivity contribution in [1.82, 2.24) is 0 Å². The molecule has 1 aromatic rings. The zero-order valence-electron chi connectivity index (χ0n) is 9.82. The number of methoxy groups -OCH3 is 2. The smallest absolute Gasteiger partial charge is 0.327 e. The first-order chi connectivity index (χ1) is 7.96. The maximum Gasteiger partial charge on any atom is 0.327 e. The first-order valence-corrected chi connectivity index (χ1v) is 5.27. The highest BCUT2D eigenvalue weighted by Crippen LogP contribution is 2.28. The molecule has 0 N–H and O–H groups in total. The molecule has 0 bridgehead atoms. The average molecular weight is 257 g/mol. The Balaban J connectivity index is 3.33. The molecule has 0 fully saturated rings. The van der Waals surface area contributed by atoms with Crippen molar-refractivity contribution in [3.05, 3.63) is 34.9 Å². The number of benzene rings is 1. The Labute approximate surface area is 104 Å². The highest BCUT2D eigenvalue weighted by molar-refractivity contribution is 6.30. The molecule has 0 radical (unpaired) electrons. The number of hydrogen-bond acceptors (Lipinski definition) is 4. The summed E-state index contributed by atoms with van der Waals surface area (Å²) in [6.07, 6.45) is 0. The maximum absolute atomic E-state index is 11.8. The lowest BCUT2D eigenvalue weighted by molar-refractivity contribution is -0.160. The highest BCUT2D eigenvalue weighted by Gasteiger charge is 2.45. The molecule has 4 nitrogen and oxygen atoms in total. The van der Waals surface area contributed by atoms with Crippen LogP contribution in [-0.4, -0.2) is 26.2 Å². The summed E-state index contributed by atoms with van der Waals surface area (Å²) < 4.78 is 9.30. The van der Waals surface area contributed by atoms with Crippen LogP contribution >= 0.6 is 11.6 Å². The second-order valence-electron chi connectivity index (χ2n) is 3.62. The first kappa shape index (κ1) is 13.5. The summed E-state index contributed by atoms with van der Waals surface area (Å²) in [5.41, 5.74) is -1.07. The molecule has 0 aliphatic heterocycles. The summed E-state index contributed by atoms with van der Waals surface area (Å²) in [6, 6.07) is 6.47. The standard InChI is InChI=1S/C12H13ClO4/c1-12(10(14)16-2,11(15)17-3)8-5-4-6-9(13)7-8/h4-7H,1-3H3. The molecule has 0 amide bonds. The third-order valence-corrected chi connectivity index (χ3v) is 2.82. The average Bonchev–Trinajstić information content (AvgIpc) is 2.35. The van der Waals surface area contributed by atoms with Gasteiger partial charge in [-0.05, 0) is 24.6 Å². The summed E-state index contributed by atoms with van der Waals surface area (Å²) >= 11 is 5.84. The van der Waals surface area contributed by atoms with Crippen molar-refractivity contribution in [1.29, 1.82) is 0 Å². The first-order valence-electron chi connectivity index (χ1n) is 4.89. The van der Waals surface area contributed by atoms with E-state index < -0.39 is 17.4 Å². The minimum absolute atomic E-state index is 0.432. The normalized spacial score (nSPS) is 10.8. The van der Waals surface area contributed by atoms with Crippen LogP contribution in [-0.2, 0) is 24.5 Å². The van der Waals surface area contributed by atoms with E-state index >= 15 is 0 Å². The van der Waals surface area contributed by atoms with Crippen LogP contribution in [0.5, 0.6) is 0 Å². The molecule has 1 aromatic carbocycles. The largest absolute Gasteiger partial charge is 0.468 e. The van der Waals surface area contributed by atoms with Crippen molar-refractivity contribution in [2.75, 3.05) is 14.2 Å². The van der Waals surface area contributed by atoms with Crippen molar-refractivity contribution < 1.29 is 19.1 Å². The molecule has 1 rings (SSSR count). The van der Waals surface area contributed by atoms with Gasteiger partial charge in [0.05, 0.1) is 14.2 Å². The fourth-order valence-corrected chi connectivity index (χ4v) is 1.72. The van der Waals surface area contributed by atoms with Crippen molar-refractivity contribution in [2.24, 2.45) is 0 Å². The fourth-order valence-electron chi connectivity index (χ4n) is 1.53. The Hall–Kier alpha value is -1.55. The highest BCUT2D eigenvalue weighted by atomic mass is 35.5. The van der Waals surface area contributed by atoms with Gasteiger partial charge in [-0.25, -0.2) is 0 Å². The van der Waals surface area contributed by atoms with Gasteiger partial charge >= 0.3 is 11.9 Å². The van der Waals surface area contributed by atoms with Crippen LogP contribution in [0.2, 0.25) is 5.02 Å². The second-order valence-corrected chi connectivity index (χ2v) is 4.05. The third kappa shape index (κ3) is 2.42. The molecule has 5 heteroatoms. The molecular formula is C12H13ClO4. The summed E-state index contributed by atoms with van der Waals surface area (Å²) in [6.45, 7) is 1.44. The van der Waals surface area contributed by atoms with E-state index in [0.29, 0.717) is 10.6 Å². The van der Waals surface area contributed by atoms with E-state index in [9.17, 15) is 9.59 Å². The van der Waals surface area contributed by atoms with Crippen LogP contribution in [0.1, 0.15) is 12.5 Å². The number of halogens is 1. The van der Waals surface area contributed by atoms with Crippen LogP contribution < -0.4 is 0 Å². The van der Waals surface area contributed by atoms with E-state index in [1.807, 2.05) is 0 Å². The Morgan fingerprint density at radius 2 is 1.71 bits per heavy atom. The third-order valence-electron chi connectivity index (χ3n) is 2.59. The number of esters is 2. The predicted octanol–water partition coefficient (Wildman–Crippen LogP) is 1.94. The van der Waals surface area contributed by atoms with Gasteiger partial charge in [0.25, 0.3) is 0 Å². The molecule has 0 atom stereocenters. The molecule has 0 spiro atoms. The lowest BCUT2D eigenvalue weighted by Gasteiger charge is -2.24. The second kappa shape index (κ2) is 5.19. The van der Waals surface area contributed by atoms with E-state index in [-0.39, 0.29) is 0 Å². The zero-order valence-corrected chi connectivity index (χ0v) is 10.6.